The number of anilines is 5. The first kappa shape index (κ1) is 85.9. The number of para-hydroxylation sites is 2. The molecule has 0 fully saturated rings. The number of hydrogen-bond donors (Lipinski definition) is 11. The van der Waals surface area contributed by atoms with Crippen LogP contribution in [0.3, 0.4) is 0 Å². The van der Waals surface area contributed by atoms with E-state index in [1.165, 1.54) is 63.8 Å². The number of rotatable bonds is 32. The molecule has 40 heteroatoms. The maximum atomic E-state index is 11.9. The van der Waals surface area contributed by atoms with Crippen LogP contribution in [0.25, 0.3) is 33.7 Å². The Morgan fingerprint density at radius 3 is 1.32 bits per heavy atom. The van der Waals surface area contributed by atoms with E-state index in [1.54, 1.807) is 97.1 Å². The molecular weight excluding hydrogens is 1640 g/mol. The number of aromatic hydroxyl groups is 3. The zero-order valence-electron chi connectivity index (χ0n) is 60.1. The summed E-state index contributed by atoms with van der Waals surface area (Å²) in [6.45, 7) is 3.70. The predicted octanol–water partition coefficient (Wildman–Crippen LogP) is 23.7. The van der Waals surface area contributed by atoms with Crippen LogP contribution in [0, 0.1) is 13.8 Å². The Hall–Kier alpha value is -11.6. The van der Waals surface area contributed by atoms with Crippen LogP contribution in [0.1, 0.15) is 22.3 Å². The summed E-state index contributed by atoms with van der Waals surface area (Å²) in [4.78, 5) is 1.16. The molecule has 0 heterocycles. The molecule has 0 aliphatic rings. The first-order chi connectivity index (χ1) is 55.3. The number of aryl methyl sites for hydroxylation is 2. The van der Waals surface area contributed by atoms with Gasteiger partial charge in [-0.2, -0.15) is 28.9 Å². The van der Waals surface area contributed by atoms with E-state index in [0.29, 0.717) is 123 Å². The van der Waals surface area contributed by atoms with Crippen molar-refractivity contribution in [2.45, 2.75) is 38.3 Å². The van der Waals surface area contributed by atoms with Crippen molar-refractivity contribution in [3.8, 4) is 34.5 Å². The predicted molar refractivity (Wildman–Crippen MR) is 427 cm³/mol. The molecule has 0 unspecified atom stereocenters. The number of nitrogens with one attached hydrogen (secondary N) is 2. The number of nitrogens with two attached hydrogens (primary N) is 1. The van der Waals surface area contributed by atoms with E-state index in [0.717, 1.165) is 46.4 Å². The summed E-state index contributed by atoms with van der Waals surface area (Å²) in [5, 5.41) is 135. The van der Waals surface area contributed by atoms with Gasteiger partial charge >= 0.3 is 0 Å². The molecule has 0 spiro atoms. The molecule has 12 aromatic carbocycles. The average Bonchev–Trinajstić information content (AvgIpc) is 0.779. The van der Waals surface area contributed by atoms with Crippen molar-refractivity contribution >= 4 is 177 Å². The van der Waals surface area contributed by atoms with Crippen LogP contribution in [0.5, 0.6) is 34.5 Å². The van der Waals surface area contributed by atoms with Gasteiger partial charge in [0.1, 0.15) is 62.0 Å². The van der Waals surface area contributed by atoms with Crippen LogP contribution in [0.2, 0.25) is 0 Å². The number of phenols is 3. The first-order valence-corrected chi connectivity index (χ1v) is 37.2. The topological polar surface area (TPSA) is 471 Å². The van der Waals surface area contributed by atoms with Gasteiger partial charge in [-0.05, 0) is 180 Å². The van der Waals surface area contributed by atoms with Gasteiger partial charge in [-0.3, -0.25) is 4.55 Å². The summed E-state index contributed by atoms with van der Waals surface area (Å²) in [7, 11) is -0.216. The van der Waals surface area contributed by atoms with Crippen LogP contribution in [0.15, 0.2) is 282 Å². The Labute approximate surface area is 681 Å². The molecular formula is C75H63CuN13O21S5. The summed E-state index contributed by atoms with van der Waals surface area (Å²) in [5.74, 6) is 0.100. The van der Waals surface area contributed by atoms with Gasteiger partial charge in [-0.15, -0.1) is 48.0 Å². The van der Waals surface area contributed by atoms with Crippen molar-refractivity contribution in [3.05, 3.63) is 229 Å². The van der Waals surface area contributed by atoms with Gasteiger partial charge in [0.15, 0.2) is 11.5 Å². The second-order valence-corrected chi connectivity index (χ2v) is 27.7. The molecule has 12 aromatic rings. The van der Waals surface area contributed by atoms with E-state index in [-0.39, 0.29) is 84.6 Å². The maximum Gasteiger partial charge on any atom is 0.295 e. The van der Waals surface area contributed by atoms with Crippen molar-refractivity contribution in [1.29, 1.82) is 0 Å². The third-order valence-electron chi connectivity index (χ3n) is 16.0. The van der Waals surface area contributed by atoms with Gasteiger partial charge in [-0.1, -0.05) is 80.8 Å². The molecule has 12 rings (SSSR count). The van der Waals surface area contributed by atoms with Gasteiger partial charge in [0.2, 0.25) is 0 Å². The fourth-order valence-corrected chi connectivity index (χ4v) is 13.2. The van der Waals surface area contributed by atoms with Crippen LogP contribution in [0.4, 0.5) is 85.3 Å². The van der Waals surface area contributed by atoms with Crippen LogP contribution in [-0.4, -0.2) is 70.6 Å². The quantitative estimate of drug-likeness (QED) is 0.00273. The van der Waals surface area contributed by atoms with Crippen molar-refractivity contribution in [1.82, 2.24) is 0 Å². The Balaban J connectivity index is 0.000000241. The fourth-order valence-electron chi connectivity index (χ4n) is 10.7. The number of hydrogen-bond acceptors (Lipinski definition) is 37. The molecule has 115 heavy (non-hydrogen) atoms. The molecule has 1 radical (unpaired) electrons. The van der Waals surface area contributed by atoms with Crippen LogP contribution < -0.4 is 30.6 Å². The standard InChI is InChI=1S/C38H33N7O9S2.C37H30N6O12S3.Cu/c1-22-16-32(34(49-3)20-30(22)41-40-26-10-13-28(14-11-26)55-53-51-47)43-42-31-21-35(50-4)33(17-23(31)2)44-45-37-36(56-54-52-48)19-24-18-27(12-15-29(24)38(37)46)39-25-8-6-5-7-9-25;1-51-32-20-29(41-43-36-34(57-55-53-47)16-23-15-26(13-14-28(23)37(36)45)39-25-5-3-2-4-6-25)31(44)19-30(32)42-40-27-12-10-21(33(18-27)56-54-52-46)7-8-22-9-11-24(38)17-35(22)58(48,49)50;/h5-21,39,46-48H,1-4H3;2-20,39,44-47H,38H2,1H3,(H,48,49,50);. The van der Waals surface area contributed by atoms with Gasteiger partial charge < -0.3 is 45.9 Å². The summed E-state index contributed by atoms with van der Waals surface area (Å²) in [6.07, 6.45) is 2.94. The molecule has 0 atom stereocenters. The van der Waals surface area contributed by atoms with Crippen molar-refractivity contribution in [2.75, 3.05) is 37.7 Å². The molecule has 34 nitrogen and oxygen atoms in total. The first-order valence-electron chi connectivity index (χ1n) is 32.8. The summed E-state index contributed by atoms with van der Waals surface area (Å²) < 4.78 is 68.6. The molecule has 0 bridgehead atoms. The molecule has 0 saturated heterocycles. The van der Waals surface area contributed by atoms with E-state index >= 15 is 0 Å². The number of fused-ring (bicyclic) bond motifs is 2. The van der Waals surface area contributed by atoms with Gasteiger partial charge in [0.25, 0.3) is 10.1 Å². The van der Waals surface area contributed by atoms with E-state index in [2.05, 4.69) is 94.9 Å². The molecule has 0 aromatic heterocycles. The Morgan fingerprint density at radius 2 is 0.817 bits per heavy atom. The van der Waals surface area contributed by atoms with Crippen molar-refractivity contribution in [2.24, 2.45) is 51.1 Å². The molecule has 0 aliphatic carbocycles. The molecule has 0 aliphatic heterocycles. The largest absolute Gasteiger partial charge is 0.506 e. The van der Waals surface area contributed by atoms with E-state index in [9.17, 15) is 28.3 Å². The number of ether oxygens (including phenoxy) is 3. The van der Waals surface area contributed by atoms with Crippen molar-refractivity contribution in [3.63, 3.8) is 0 Å². The number of nitrogens with zero attached hydrogens (tertiary/aromatic N) is 10. The monoisotopic (exact) mass is 1700 g/mol. The van der Waals surface area contributed by atoms with Crippen molar-refractivity contribution < 1.29 is 118 Å². The van der Waals surface area contributed by atoms with E-state index < -0.39 is 15.0 Å². The Kier molecular flexibility index (Phi) is 31.0. The van der Waals surface area contributed by atoms with Crippen LogP contribution in [-0.2, 0) is 64.7 Å². The smallest absolute Gasteiger partial charge is 0.295 e. The average molecular weight is 1710 g/mol. The second kappa shape index (κ2) is 41.5. The van der Waals surface area contributed by atoms with Crippen LogP contribution >= 0.6 is 48.2 Å². The summed E-state index contributed by atoms with van der Waals surface area (Å²) in [5.41, 5.74) is 14.0. The normalized spacial score (nSPS) is 11.7. The van der Waals surface area contributed by atoms with Gasteiger partial charge in [-0.25, -0.2) is 21.0 Å². The molecule has 0 amide bonds. The van der Waals surface area contributed by atoms with Gasteiger partial charge in [0.05, 0.1) is 102 Å². The number of nitrogen functional groups attached to an aromatic ring is 1. The SMILES string of the molecule is COc1cc(N=Nc2c(SOOO)cc3cc(Nc4ccccc4)ccc3c2O)c(O)cc1N=Nc1ccc(C=Cc2ccc(N)cc2S(=O)(=O)O)c(SOOO)c1.COc1cc(N=Nc2ccc(SOOO)cc2)c(C)cc1N=Nc1cc(OC)c(N=Nc2c(SOOO)cc3cc(Nc4ccccc4)ccc3c2O)cc1C.[Cu]. The summed E-state index contributed by atoms with van der Waals surface area (Å²) in [6, 6.07) is 58.3. The number of azo groups is 5. The van der Waals surface area contributed by atoms with Gasteiger partial charge in [0, 0.05) is 90.3 Å². The number of benzene rings is 12. The third-order valence-corrected chi connectivity index (χ3v) is 19.4. The second-order valence-electron chi connectivity index (χ2n) is 23.4. The Morgan fingerprint density at radius 1 is 0.400 bits per heavy atom. The molecule has 595 valence electrons. The minimum absolute atomic E-state index is 0. The minimum Gasteiger partial charge on any atom is -0.506 e. The third kappa shape index (κ3) is 22.9. The number of methoxy groups -OCH3 is 3. The fraction of sp³-hybridized carbons (Fsp3) is 0.0667. The van der Waals surface area contributed by atoms with E-state index in [4.69, 9.17) is 45.3 Å². The Bertz CT molecular complexity index is 5760. The zero-order valence-corrected chi connectivity index (χ0v) is 65.1. The van der Waals surface area contributed by atoms with E-state index in [1.807, 2.05) is 86.6 Å². The number of phenolic OH excluding ortho intramolecular Hbond substituents is 3. The summed E-state index contributed by atoms with van der Waals surface area (Å²) >= 11 is 2.66. The molecule has 12 N–H and O–H groups in total. The molecule has 0 saturated carbocycles. The maximum absolute atomic E-state index is 11.9. The zero-order chi connectivity index (χ0) is 80.7. The minimum atomic E-state index is -4.59.